The Bertz CT molecular complexity index is 1130. The van der Waals surface area contributed by atoms with Crippen molar-refractivity contribution in [1.82, 2.24) is 20.1 Å². The highest BCUT2D eigenvalue weighted by Gasteiger charge is 2.35. The van der Waals surface area contributed by atoms with E-state index in [0.29, 0.717) is 30.4 Å². The molecule has 0 aliphatic heterocycles. The fourth-order valence-corrected chi connectivity index (χ4v) is 4.86. The minimum atomic E-state index is -0.721. The molecule has 34 heavy (non-hydrogen) atoms. The highest BCUT2D eigenvalue weighted by atomic mass is 32.2. The molecule has 0 unspecified atom stereocenters. The van der Waals surface area contributed by atoms with E-state index in [4.69, 9.17) is 4.74 Å². The van der Waals surface area contributed by atoms with Gasteiger partial charge >= 0.3 is 0 Å². The third kappa shape index (κ3) is 5.97. The van der Waals surface area contributed by atoms with E-state index in [0.717, 1.165) is 30.6 Å². The van der Waals surface area contributed by atoms with E-state index in [2.05, 4.69) is 40.6 Å². The maximum Gasteiger partial charge on any atom is 0.231 e. The van der Waals surface area contributed by atoms with Gasteiger partial charge in [-0.1, -0.05) is 61.2 Å². The molecule has 1 aromatic heterocycles. The zero-order valence-electron chi connectivity index (χ0n) is 19.4. The van der Waals surface area contributed by atoms with Gasteiger partial charge in [-0.15, -0.1) is 10.2 Å². The number of benzene rings is 2. The molecule has 8 heteroatoms. The topological polar surface area (TPSA) is 92.8 Å². The van der Waals surface area contributed by atoms with Gasteiger partial charge in [0.1, 0.15) is 17.9 Å². The number of ether oxygens (including phenoxy) is 1. The van der Waals surface area contributed by atoms with E-state index in [1.165, 1.54) is 17.3 Å². The second kappa shape index (κ2) is 11.2. The Kier molecular flexibility index (Phi) is 7.86. The molecule has 0 bridgehead atoms. The lowest BCUT2D eigenvalue weighted by Gasteiger charge is -2.21. The summed E-state index contributed by atoms with van der Waals surface area (Å²) in [5, 5.41) is 21.8. The molecular weight excluding hydrogens is 446 g/mol. The van der Waals surface area contributed by atoms with Crippen LogP contribution in [-0.4, -0.2) is 32.0 Å². The van der Waals surface area contributed by atoms with Crippen LogP contribution in [0.2, 0.25) is 0 Å². The fourth-order valence-electron chi connectivity index (χ4n) is 4.10. The third-order valence-electron chi connectivity index (χ3n) is 6.06. The summed E-state index contributed by atoms with van der Waals surface area (Å²) in [5.41, 5.74) is 1.64. The van der Waals surface area contributed by atoms with Gasteiger partial charge in [0.15, 0.2) is 11.0 Å². The van der Waals surface area contributed by atoms with Gasteiger partial charge in [-0.05, 0) is 55.4 Å². The lowest BCUT2D eigenvalue weighted by molar-refractivity contribution is -0.119. The molecule has 0 saturated heterocycles. The second-order valence-corrected chi connectivity index (χ2v) is 9.44. The fraction of sp³-hybridized carbons (Fsp3) is 0.385. The van der Waals surface area contributed by atoms with Gasteiger partial charge in [-0.3, -0.25) is 9.36 Å². The number of aromatic nitrogens is 3. The standard InChI is InChI=1S/C26H29N5O2S/c1-2-20-10-12-22(13-11-20)33-17-23-29-30-25(31(23)16-21-8-4-3-5-9-21)34-18-24(32)28-26(19-27)14-6-7-15-26/h3-5,8-13H,2,6-7,14-18H2,1H3,(H,28,32). The summed E-state index contributed by atoms with van der Waals surface area (Å²) in [4.78, 5) is 12.6. The highest BCUT2D eigenvalue weighted by molar-refractivity contribution is 7.99. The third-order valence-corrected chi connectivity index (χ3v) is 7.03. The molecule has 1 saturated carbocycles. The van der Waals surface area contributed by atoms with Gasteiger partial charge in [0.25, 0.3) is 0 Å². The predicted molar refractivity (Wildman–Crippen MR) is 131 cm³/mol. The van der Waals surface area contributed by atoms with Gasteiger partial charge in [-0.25, -0.2) is 0 Å². The number of hydrogen-bond acceptors (Lipinski definition) is 6. The van der Waals surface area contributed by atoms with Crippen molar-refractivity contribution in [3.63, 3.8) is 0 Å². The Labute approximate surface area is 204 Å². The predicted octanol–water partition coefficient (Wildman–Crippen LogP) is 4.51. The molecule has 1 aliphatic carbocycles. The second-order valence-electron chi connectivity index (χ2n) is 8.49. The average molecular weight is 476 g/mol. The van der Waals surface area contributed by atoms with E-state index in [-0.39, 0.29) is 18.3 Å². The number of aryl methyl sites for hydroxylation is 1. The largest absolute Gasteiger partial charge is 0.486 e. The number of nitrogens with one attached hydrogen (secondary N) is 1. The number of amides is 1. The van der Waals surface area contributed by atoms with E-state index >= 15 is 0 Å². The van der Waals surface area contributed by atoms with Crippen LogP contribution < -0.4 is 10.1 Å². The summed E-state index contributed by atoms with van der Waals surface area (Å²) in [6.07, 6.45) is 4.35. The molecule has 1 aliphatic rings. The van der Waals surface area contributed by atoms with E-state index in [9.17, 15) is 10.1 Å². The van der Waals surface area contributed by atoms with Crippen LogP contribution >= 0.6 is 11.8 Å². The summed E-state index contributed by atoms with van der Waals surface area (Å²) >= 11 is 1.33. The van der Waals surface area contributed by atoms with E-state index < -0.39 is 5.54 Å². The van der Waals surface area contributed by atoms with Crippen molar-refractivity contribution in [3.8, 4) is 11.8 Å². The van der Waals surface area contributed by atoms with Crippen LogP contribution in [0.25, 0.3) is 0 Å². The van der Waals surface area contributed by atoms with Crippen LogP contribution in [0.5, 0.6) is 5.75 Å². The van der Waals surface area contributed by atoms with Gasteiger partial charge in [-0.2, -0.15) is 5.26 Å². The van der Waals surface area contributed by atoms with Crippen LogP contribution in [-0.2, 0) is 24.4 Å². The molecule has 176 valence electrons. The first-order valence-corrected chi connectivity index (χ1v) is 12.6. The van der Waals surface area contributed by atoms with Crippen LogP contribution in [0.4, 0.5) is 0 Å². The van der Waals surface area contributed by atoms with E-state index in [1.54, 1.807) is 0 Å². The van der Waals surface area contributed by atoms with Crippen molar-refractivity contribution in [3.05, 3.63) is 71.5 Å². The monoisotopic (exact) mass is 475 g/mol. The number of nitrogens with zero attached hydrogens (tertiary/aromatic N) is 4. The van der Waals surface area contributed by atoms with Crippen molar-refractivity contribution >= 4 is 17.7 Å². The smallest absolute Gasteiger partial charge is 0.231 e. The maximum atomic E-state index is 12.6. The summed E-state index contributed by atoms with van der Waals surface area (Å²) < 4.78 is 7.97. The molecule has 0 spiro atoms. The van der Waals surface area contributed by atoms with Crippen molar-refractivity contribution < 1.29 is 9.53 Å². The molecule has 7 nitrogen and oxygen atoms in total. The minimum Gasteiger partial charge on any atom is -0.486 e. The Hall–Kier alpha value is -3.31. The summed E-state index contributed by atoms with van der Waals surface area (Å²) in [6, 6.07) is 20.4. The molecule has 3 aromatic rings. The van der Waals surface area contributed by atoms with Crippen molar-refractivity contribution in [2.24, 2.45) is 0 Å². The SMILES string of the molecule is CCc1ccc(OCc2nnc(SCC(=O)NC3(C#N)CCCC3)n2Cc2ccccc2)cc1. The Morgan fingerprint density at radius 3 is 2.53 bits per heavy atom. The molecule has 1 amide bonds. The van der Waals surface area contributed by atoms with Crippen LogP contribution in [0.15, 0.2) is 59.8 Å². The van der Waals surface area contributed by atoms with Crippen molar-refractivity contribution in [2.45, 2.75) is 62.9 Å². The van der Waals surface area contributed by atoms with Crippen molar-refractivity contribution in [2.75, 3.05) is 5.75 Å². The number of carbonyl (C=O) groups is 1. The molecule has 1 N–H and O–H groups in total. The highest BCUT2D eigenvalue weighted by Crippen LogP contribution is 2.29. The quantitative estimate of drug-likeness (QED) is 0.434. The van der Waals surface area contributed by atoms with Crippen molar-refractivity contribution in [1.29, 1.82) is 5.26 Å². The molecule has 0 radical (unpaired) electrons. The minimum absolute atomic E-state index is 0.156. The number of nitriles is 1. The first-order chi connectivity index (χ1) is 16.6. The van der Waals surface area contributed by atoms with Crippen LogP contribution in [0, 0.1) is 11.3 Å². The first kappa shape index (κ1) is 23.8. The number of hydrogen-bond donors (Lipinski definition) is 1. The van der Waals surface area contributed by atoms with Gasteiger partial charge in [0.2, 0.25) is 5.91 Å². The lowest BCUT2D eigenvalue weighted by Crippen LogP contribution is -2.45. The summed E-state index contributed by atoms with van der Waals surface area (Å²) in [5.74, 6) is 1.49. The zero-order chi connectivity index (χ0) is 23.8. The zero-order valence-corrected chi connectivity index (χ0v) is 20.2. The lowest BCUT2D eigenvalue weighted by atomic mass is 10.0. The molecule has 1 fully saturated rings. The molecule has 1 heterocycles. The normalized spacial score (nSPS) is 14.5. The summed E-state index contributed by atoms with van der Waals surface area (Å²) in [6.45, 7) is 2.97. The number of thioether (sulfide) groups is 1. The van der Waals surface area contributed by atoms with Gasteiger partial charge in [0.05, 0.1) is 18.4 Å². The van der Waals surface area contributed by atoms with Crippen LogP contribution in [0.3, 0.4) is 0 Å². The maximum absolute atomic E-state index is 12.6. The van der Waals surface area contributed by atoms with Crippen LogP contribution in [0.1, 0.15) is 49.6 Å². The van der Waals surface area contributed by atoms with E-state index in [1.807, 2.05) is 47.0 Å². The molecular formula is C26H29N5O2S. The molecule has 2 aromatic carbocycles. The molecule has 4 rings (SSSR count). The number of rotatable bonds is 10. The Morgan fingerprint density at radius 2 is 1.85 bits per heavy atom. The van der Waals surface area contributed by atoms with Gasteiger partial charge < -0.3 is 10.1 Å². The number of carbonyl (C=O) groups excluding carboxylic acids is 1. The Morgan fingerprint density at radius 1 is 1.12 bits per heavy atom. The Balaban J connectivity index is 1.45. The average Bonchev–Trinajstić information content (AvgIpc) is 3.50. The molecule has 0 atom stereocenters. The van der Waals surface area contributed by atoms with Gasteiger partial charge in [0, 0.05) is 0 Å². The first-order valence-electron chi connectivity index (χ1n) is 11.6. The summed E-state index contributed by atoms with van der Waals surface area (Å²) in [7, 11) is 0.